The summed E-state index contributed by atoms with van der Waals surface area (Å²) >= 11 is 1.54. The van der Waals surface area contributed by atoms with Crippen LogP contribution in [0.1, 0.15) is 31.3 Å². The van der Waals surface area contributed by atoms with Crippen LogP contribution in [0, 0.1) is 6.92 Å². The number of aryl methyl sites for hydroxylation is 1. The molecule has 0 atom stereocenters. The number of carbonyl (C=O) groups is 2. The Morgan fingerprint density at radius 3 is 2.57 bits per heavy atom. The topological polar surface area (TPSA) is 65.5 Å². The summed E-state index contributed by atoms with van der Waals surface area (Å²) in [6.07, 6.45) is 0.638. The van der Waals surface area contributed by atoms with Gasteiger partial charge in [-0.3, -0.25) is 0 Å². The number of thiazole rings is 1. The van der Waals surface area contributed by atoms with Gasteiger partial charge in [-0.2, -0.15) is 0 Å². The third-order valence-electron chi connectivity index (χ3n) is 2.93. The maximum Gasteiger partial charge on any atom is 0.338 e. The summed E-state index contributed by atoms with van der Waals surface area (Å²) in [5, 5.41) is 0. The van der Waals surface area contributed by atoms with Crippen LogP contribution in [-0.4, -0.2) is 30.6 Å². The summed E-state index contributed by atoms with van der Waals surface area (Å²) in [6.45, 7) is 2.21. The second-order valence-electron chi connectivity index (χ2n) is 4.32. The zero-order chi connectivity index (χ0) is 15.2. The fourth-order valence-corrected chi connectivity index (χ4v) is 2.54. The van der Waals surface area contributed by atoms with Crippen molar-refractivity contribution in [3.05, 3.63) is 51.5 Å². The number of carbonyl (C=O) groups excluding carboxylic acids is 2. The largest absolute Gasteiger partial charge is 0.465 e. The quantitative estimate of drug-likeness (QED) is 0.795. The minimum absolute atomic E-state index is 0.282. The lowest BCUT2D eigenvalue weighted by Crippen LogP contribution is -2.10. The number of benzene rings is 1. The Kier molecular flexibility index (Phi) is 5.05. The number of nitrogens with zero attached hydrogens (tertiary/aromatic N) is 1. The molecule has 0 fully saturated rings. The van der Waals surface area contributed by atoms with E-state index in [2.05, 4.69) is 9.72 Å². The van der Waals surface area contributed by atoms with E-state index in [1.807, 2.05) is 6.92 Å². The molecule has 1 aromatic heterocycles. The molecule has 0 unspecified atom stereocenters. The van der Waals surface area contributed by atoms with Crippen LogP contribution >= 0.6 is 11.3 Å². The average molecular weight is 305 g/mol. The van der Waals surface area contributed by atoms with E-state index in [0.29, 0.717) is 17.5 Å². The van der Waals surface area contributed by atoms with Gasteiger partial charge in [-0.1, -0.05) is 6.07 Å². The molecule has 0 saturated heterocycles. The second-order valence-corrected chi connectivity index (χ2v) is 5.26. The smallest absolute Gasteiger partial charge is 0.338 e. The molecule has 0 aliphatic carbocycles. The molecule has 0 aliphatic rings. The van der Waals surface area contributed by atoms with Crippen LogP contribution in [0.4, 0.5) is 0 Å². The van der Waals surface area contributed by atoms with Crippen molar-refractivity contribution in [3.63, 3.8) is 0 Å². The molecule has 1 heterocycles. The third kappa shape index (κ3) is 3.88. The van der Waals surface area contributed by atoms with E-state index in [-0.39, 0.29) is 6.61 Å². The van der Waals surface area contributed by atoms with Crippen molar-refractivity contribution >= 4 is 23.3 Å². The zero-order valence-electron chi connectivity index (χ0n) is 11.8. The van der Waals surface area contributed by atoms with Gasteiger partial charge >= 0.3 is 11.9 Å². The Hall–Kier alpha value is -2.21. The van der Waals surface area contributed by atoms with Gasteiger partial charge in [0.15, 0.2) is 0 Å². The molecule has 6 heteroatoms. The van der Waals surface area contributed by atoms with Crippen molar-refractivity contribution in [1.29, 1.82) is 0 Å². The molecule has 5 nitrogen and oxygen atoms in total. The summed E-state index contributed by atoms with van der Waals surface area (Å²) in [5.41, 5.74) is 3.39. The van der Waals surface area contributed by atoms with Crippen molar-refractivity contribution in [1.82, 2.24) is 4.98 Å². The van der Waals surface area contributed by atoms with Gasteiger partial charge in [-0.25, -0.2) is 14.6 Å². The van der Waals surface area contributed by atoms with Gasteiger partial charge < -0.3 is 9.47 Å². The Balaban J connectivity index is 1.94. The van der Waals surface area contributed by atoms with E-state index in [0.717, 1.165) is 10.6 Å². The normalized spacial score (nSPS) is 10.2. The fourth-order valence-electron chi connectivity index (χ4n) is 1.78. The minimum atomic E-state index is -0.482. The van der Waals surface area contributed by atoms with Gasteiger partial charge in [0.2, 0.25) is 0 Å². The first kappa shape index (κ1) is 15.2. The van der Waals surface area contributed by atoms with Crippen LogP contribution in [0.3, 0.4) is 0 Å². The molecule has 0 saturated carbocycles. The highest BCUT2D eigenvalue weighted by atomic mass is 32.1. The highest BCUT2D eigenvalue weighted by molar-refractivity contribution is 7.09. The molecule has 2 aromatic rings. The van der Waals surface area contributed by atoms with Crippen molar-refractivity contribution < 1.29 is 19.1 Å². The summed E-state index contributed by atoms with van der Waals surface area (Å²) in [7, 11) is 1.30. The number of rotatable bonds is 5. The van der Waals surface area contributed by atoms with Crippen molar-refractivity contribution in [2.24, 2.45) is 0 Å². The van der Waals surface area contributed by atoms with E-state index in [9.17, 15) is 9.59 Å². The fraction of sp³-hybridized carbons (Fsp3) is 0.267. The van der Waals surface area contributed by atoms with E-state index in [1.165, 1.54) is 13.2 Å². The molecule has 110 valence electrons. The van der Waals surface area contributed by atoms with Gasteiger partial charge in [0.25, 0.3) is 0 Å². The predicted molar refractivity (Wildman–Crippen MR) is 78.6 cm³/mol. The number of hydrogen-bond donors (Lipinski definition) is 0. The number of methoxy groups -OCH3 is 1. The maximum absolute atomic E-state index is 11.9. The Morgan fingerprint density at radius 2 is 1.95 bits per heavy atom. The van der Waals surface area contributed by atoms with Crippen molar-refractivity contribution in [2.75, 3.05) is 13.7 Å². The molecule has 0 spiro atoms. The SMILES string of the molecule is COC(=O)c1cccc(C(=O)OCCc2scnc2C)c1. The van der Waals surface area contributed by atoms with Crippen LogP contribution in [0.15, 0.2) is 29.8 Å². The van der Waals surface area contributed by atoms with E-state index < -0.39 is 11.9 Å². The van der Waals surface area contributed by atoms with E-state index in [4.69, 9.17) is 4.74 Å². The predicted octanol–water partition coefficient (Wildman–Crippen LogP) is 2.64. The van der Waals surface area contributed by atoms with Gasteiger partial charge in [-0.05, 0) is 25.1 Å². The minimum Gasteiger partial charge on any atom is -0.465 e. The standard InChI is InChI=1S/C15H15NO4S/c1-10-13(21-9-16-10)6-7-20-15(18)12-5-3-4-11(8-12)14(17)19-2/h3-5,8-9H,6-7H2,1-2H3. The summed E-state index contributed by atoms with van der Waals surface area (Å²) in [4.78, 5) is 28.6. The van der Waals surface area contributed by atoms with Gasteiger partial charge in [0.1, 0.15) is 0 Å². The molecule has 2 rings (SSSR count). The molecule has 0 N–H and O–H groups in total. The maximum atomic E-state index is 11.9. The first-order chi connectivity index (χ1) is 10.1. The zero-order valence-corrected chi connectivity index (χ0v) is 12.6. The van der Waals surface area contributed by atoms with Crippen LogP contribution in [0.2, 0.25) is 0 Å². The van der Waals surface area contributed by atoms with Gasteiger partial charge in [0, 0.05) is 11.3 Å². The lowest BCUT2D eigenvalue weighted by Gasteiger charge is -2.05. The summed E-state index contributed by atoms with van der Waals surface area (Å²) < 4.78 is 9.83. The molecule has 0 bridgehead atoms. The van der Waals surface area contributed by atoms with Crippen LogP contribution in [0.5, 0.6) is 0 Å². The third-order valence-corrected chi connectivity index (χ3v) is 3.92. The number of esters is 2. The average Bonchev–Trinajstić information content (AvgIpc) is 2.92. The highest BCUT2D eigenvalue weighted by Crippen LogP contribution is 2.13. The van der Waals surface area contributed by atoms with Crippen LogP contribution in [0.25, 0.3) is 0 Å². The molecule has 1 aromatic carbocycles. The molecule has 21 heavy (non-hydrogen) atoms. The van der Waals surface area contributed by atoms with Crippen molar-refractivity contribution in [2.45, 2.75) is 13.3 Å². The molecule has 0 amide bonds. The Bertz CT molecular complexity index is 651. The molecular formula is C15H15NO4S. The molecule has 0 radical (unpaired) electrons. The Morgan fingerprint density at radius 1 is 1.24 bits per heavy atom. The van der Waals surface area contributed by atoms with Gasteiger partial charge in [-0.15, -0.1) is 11.3 Å². The molecular weight excluding hydrogens is 290 g/mol. The number of aromatic nitrogens is 1. The lowest BCUT2D eigenvalue weighted by molar-refractivity contribution is 0.0509. The number of hydrogen-bond acceptors (Lipinski definition) is 6. The Labute approximate surface area is 126 Å². The first-order valence-electron chi connectivity index (χ1n) is 6.36. The first-order valence-corrected chi connectivity index (χ1v) is 7.24. The number of ether oxygens (including phenoxy) is 2. The monoisotopic (exact) mass is 305 g/mol. The summed E-state index contributed by atoms with van der Waals surface area (Å²) in [6, 6.07) is 6.28. The lowest BCUT2D eigenvalue weighted by atomic mass is 10.1. The van der Waals surface area contributed by atoms with Crippen LogP contribution < -0.4 is 0 Å². The highest BCUT2D eigenvalue weighted by Gasteiger charge is 2.12. The van der Waals surface area contributed by atoms with Gasteiger partial charge in [0.05, 0.1) is 36.0 Å². The second kappa shape index (κ2) is 6.99. The van der Waals surface area contributed by atoms with E-state index in [1.54, 1.807) is 35.0 Å². The molecule has 0 aliphatic heterocycles. The van der Waals surface area contributed by atoms with Crippen molar-refractivity contribution in [3.8, 4) is 0 Å². The summed E-state index contributed by atoms with van der Waals surface area (Å²) in [5.74, 6) is -0.937. The van der Waals surface area contributed by atoms with Crippen LogP contribution in [-0.2, 0) is 15.9 Å². The van der Waals surface area contributed by atoms with E-state index >= 15 is 0 Å².